The van der Waals surface area contributed by atoms with E-state index in [-0.39, 0.29) is 0 Å². The summed E-state index contributed by atoms with van der Waals surface area (Å²) in [6.45, 7) is 6.65. The van der Waals surface area contributed by atoms with Crippen molar-refractivity contribution >= 4 is 17.3 Å². The van der Waals surface area contributed by atoms with Crippen LogP contribution in [0, 0.1) is 0 Å². The Morgan fingerprint density at radius 2 is 1.33 bits per heavy atom. The van der Waals surface area contributed by atoms with E-state index in [1.54, 1.807) is 0 Å². The monoisotopic (exact) mass is 227 g/mol. The summed E-state index contributed by atoms with van der Waals surface area (Å²) in [6.07, 6.45) is 5.37. The number of piperazine rings is 1. The first kappa shape index (κ1) is 11.1. The third-order valence-corrected chi connectivity index (χ3v) is 3.78. The molecule has 4 heteroatoms. The number of nitrogens with one attached hydrogen (secondary N) is 1. The first-order chi connectivity index (χ1) is 7.38. The van der Waals surface area contributed by atoms with E-state index >= 15 is 0 Å². The van der Waals surface area contributed by atoms with Gasteiger partial charge in [-0.25, -0.2) is 0 Å². The van der Waals surface area contributed by atoms with Gasteiger partial charge in [-0.2, -0.15) is 0 Å². The fourth-order valence-electron chi connectivity index (χ4n) is 2.32. The smallest absolute Gasteiger partial charge is 0.171 e. The third kappa shape index (κ3) is 3.05. The lowest BCUT2D eigenvalue weighted by atomic mass is 10.2. The highest BCUT2D eigenvalue weighted by atomic mass is 32.1. The second-order valence-electron chi connectivity index (χ2n) is 4.42. The second kappa shape index (κ2) is 5.66. The molecule has 0 aromatic carbocycles. The standard InChI is InChI=1S/C11H21N3S/c15-11(14-9-5-12-6-10-14)13-7-3-1-2-4-8-13/h12H,1-10H2. The van der Waals surface area contributed by atoms with Crippen LogP contribution in [0.4, 0.5) is 0 Å². The van der Waals surface area contributed by atoms with Crippen LogP contribution in [0.25, 0.3) is 0 Å². The largest absolute Gasteiger partial charge is 0.349 e. The minimum absolute atomic E-state index is 1.08. The Kier molecular flexibility index (Phi) is 4.20. The molecule has 2 fully saturated rings. The summed E-state index contributed by atoms with van der Waals surface area (Å²) in [6, 6.07) is 0. The van der Waals surface area contributed by atoms with Crippen LogP contribution < -0.4 is 5.32 Å². The van der Waals surface area contributed by atoms with E-state index in [0.717, 1.165) is 31.3 Å². The molecular weight excluding hydrogens is 206 g/mol. The van der Waals surface area contributed by atoms with Crippen molar-refractivity contribution in [2.24, 2.45) is 0 Å². The second-order valence-corrected chi connectivity index (χ2v) is 4.79. The summed E-state index contributed by atoms with van der Waals surface area (Å²) in [5.74, 6) is 0. The van der Waals surface area contributed by atoms with Crippen molar-refractivity contribution in [1.29, 1.82) is 0 Å². The Morgan fingerprint density at radius 1 is 0.800 bits per heavy atom. The first-order valence-corrected chi connectivity index (χ1v) is 6.53. The zero-order valence-electron chi connectivity index (χ0n) is 9.37. The lowest BCUT2D eigenvalue weighted by Gasteiger charge is -2.35. The molecule has 0 bridgehead atoms. The van der Waals surface area contributed by atoms with Crippen molar-refractivity contribution in [2.75, 3.05) is 39.3 Å². The molecule has 3 nitrogen and oxygen atoms in total. The van der Waals surface area contributed by atoms with E-state index in [2.05, 4.69) is 15.1 Å². The van der Waals surface area contributed by atoms with E-state index in [4.69, 9.17) is 12.2 Å². The fourth-order valence-corrected chi connectivity index (χ4v) is 2.68. The van der Waals surface area contributed by atoms with Crippen molar-refractivity contribution in [1.82, 2.24) is 15.1 Å². The Labute approximate surface area is 97.8 Å². The van der Waals surface area contributed by atoms with Crippen molar-refractivity contribution in [3.05, 3.63) is 0 Å². The van der Waals surface area contributed by atoms with E-state index in [1.165, 1.54) is 38.8 Å². The average molecular weight is 227 g/mol. The number of likely N-dealkylation sites (tertiary alicyclic amines) is 1. The molecule has 2 rings (SSSR count). The van der Waals surface area contributed by atoms with Gasteiger partial charge in [0.05, 0.1) is 0 Å². The summed E-state index contributed by atoms with van der Waals surface area (Å²) in [5, 5.41) is 4.46. The van der Waals surface area contributed by atoms with Crippen LogP contribution in [-0.2, 0) is 0 Å². The Bertz CT molecular complexity index is 206. The fraction of sp³-hybridized carbons (Fsp3) is 0.909. The summed E-state index contributed by atoms with van der Waals surface area (Å²) >= 11 is 5.58. The van der Waals surface area contributed by atoms with E-state index in [1.807, 2.05) is 0 Å². The number of hydrogen-bond donors (Lipinski definition) is 1. The van der Waals surface area contributed by atoms with Gasteiger partial charge in [0, 0.05) is 39.3 Å². The SMILES string of the molecule is S=C(N1CCCCCC1)N1CCNCC1. The summed E-state index contributed by atoms with van der Waals surface area (Å²) in [5.41, 5.74) is 0. The quantitative estimate of drug-likeness (QED) is 0.623. The van der Waals surface area contributed by atoms with Crippen LogP contribution in [0.1, 0.15) is 25.7 Å². The van der Waals surface area contributed by atoms with Gasteiger partial charge >= 0.3 is 0 Å². The molecule has 86 valence electrons. The number of rotatable bonds is 0. The Balaban J connectivity index is 1.87. The minimum atomic E-state index is 1.08. The topological polar surface area (TPSA) is 18.5 Å². The molecule has 0 atom stereocenters. The maximum absolute atomic E-state index is 5.58. The van der Waals surface area contributed by atoms with Gasteiger partial charge in [0.2, 0.25) is 0 Å². The van der Waals surface area contributed by atoms with Crippen LogP contribution in [0.3, 0.4) is 0 Å². The average Bonchev–Trinajstić information content (AvgIpc) is 2.58. The zero-order valence-corrected chi connectivity index (χ0v) is 10.2. The zero-order chi connectivity index (χ0) is 10.5. The van der Waals surface area contributed by atoms with Gasteiger partial charge in [-0.1, -0.05) is 12.8 Å². The molecule has 2 saturated heterocycles. The van der Waals surface area contributed by atoms with Gasteiger partial charge in [-0.3, -0.25) is 0 Å². The van der Waals surface area contributed by atoms with Gasteiger partial charge in [-0.15, -0.1) is 0 Å². The minimum Gasteiger partial charge on any atom is -0.349 e. The number of thiocarbonyl (C=S) groups is 1. The molecule has 2 aliphatic heterocycles. The lowest BCUT2D eigenvalue weighted by Crippen LogP contribution is -2.51. The first-order valence-electron chi connectivity index (χ1n) is 6.12. The van der Waals surface area contributed by atoms with Crippen LogP contribution in [-0.4, -0.2) is 54.2 Å². The van der Waals surface area contributed by atoms with E-state index in [0.29, 0.717) is 0 Å². The molecule has 0 amide bonds. The molecule has 15 heavy (non-hydrogen) atoms. The molecule has 0 aliphatic carbocycles. The van der Waals surface area contributed by atoms with Gasteiger partial charge < -0.3 is 15.1 Å². The molecule has 0 radical (unpaired) electrons. The summed E-state index contributed by atoms with van der Waals surface area (Å²) in [4.78, 5) is 4.77. The number of hydrogen-bond acceptors (Lipinski definition) is 2. The van der Waals surface area contributed by atoms with Gasteiger partial charge in [-0.05, 0) is 25.1 Å². The molecule has 2 aliphatic rings. The maximum atomic E-state index is 5.58. The number of nitrogens with zero attached hydrogens (tertiary/aromatic N) is 2. The van der Waals surface area contributed by atoms with E-state index < -0.39 is 0 Å². The highest BCUT2D eigenvalue weighted by Crippen LogP contribution is 2.12. The van der Waals surface area contributed by atoms with Gasteiger partial charge in [0.1, 0.15) is 0 Å². The highest BCUT2D eigenvalue weighted by molar-refractivity contribution is 7.80. The third-order valence-electron chi connectivity index (χ3n) is 3.26. The Hall–Kier alpha value is -0.350. The molecule has 2 heterocycles. The van der Waals surface area contributed by atoms with Crippen molar-refractivity contribution in [3.8, 4) is 0 Å². The predicted octanol–water partition coefficient (Wildman–Crippen LogP) is 1.05. The van der Waals surface area contributed by atoms with Crippen LogP contribution in [0.15, 0.2) is 0 Å². The molecular formula is C11H21N3S. The van der Waals surface area contributed by atoms with Crippen LogP contribution in [0.5, 0.6) is 0 Å². The van der Waals surface area contributed by atoms with Crippen molar-refractivity contribution < 1.29 is 0 Å². The van der Waals surface area contributed by atoms with Crippen molar-refractivity contribution in [3.63, 3.8) is 0 Å². The van der Waals surface area contributed by atoms with Crippen molar-refractivity contribution in [2.45, 2.75) is 25.7 Å². The molecule has 0 spiro atoms. The normalized spacial score (nSPS) is 23.7. The molecule has 1 N–H and O–H groups in total. The molecule has 0 aromatic rings. The van der Waals surface area contributed by atoms with Crippen LogP contribution >= 0.6 is 12.2 Å². The van der Waals surface area contributed by atoms with Crippen LogP contribution in [0.2, 0.25) is 0 Å². The lowest BCUT2D eigenvalue weighted by molar-refractivity contribution is 0.302. The summed E-state index contributed by atoms with van der Waals surface area (Å²) < 4.78 is 0. The summed E-state index contributed by atoms with van der Waals surface area (Å²) in [7, 11) is 0. The molecule has 0 unspecified atom stereocenters. The Morgan fingerprint density at radius 3 is 1.93 bits per heavy atom. The predicted molar refractivity (Wildman–Crippen MR) is 67.1 cm³/mol. The molecule has 0 aromatic heterocycles. The highest BCUT2D eigenvalue weighted by Gasteiger charge is 2.19. The van der Waals surface area contributed by atoms with E-state index in [9.17, 15) is 0 Å². The van der Waals surface area contributed by atoms with Gasteiger partial charge in [0.25, 0.3) is 0 Å². The molecule has 0 saturated carbocycles. The maximum Gasteiger partial charge on any atom is 0.171 e. The van der Waals surface area contributed by atoms with Gasteiger partial charge in [0.15, 0.2) is 5.11 Å².